The lowest BCUT2D eigenvalue weighted by Gasteiger charge is -1.78. The molecule has 0 saturated heterocycles. The molecule has 0 radical (unpaired) electrons. The van der Waals surface area contributed by atoms with Gasteiger partial charge in [0.1, 0.15) is 0 Å². The molecular weight excluding hydrogens is 88.1 g/mol. The smallest absolute Gasteiger partial charge is 0.366 e. The predicted octanol–water partition coefficient (Wildman–Crippen LogP) is 0.758. The van der Waals surface area contributed by atoms with Crippen LogP contribution >= 0.6 is 0 Å². The van der Waals surface area contributed by atoms with Gasteiger partial charge in [0, 0.05) is 24.8 Å². The Balaban J connectivity index is 0.000000490. The summed E-state index contributed by atoms with van der Waals surface area (Å²) in [6.45, 7) is 0. The lowest BCUT2D eigenvalue weighted by atomic mass is 10.7. The Kier molecular flexibility index (Phi) is 1.28. The maximum atomic E-state index is 3.82. The largest absolute Gasteiger partial charge is 1.00 e. The Morgan fingerprint density at radius 1 is 1.43 bits per heavy atom. The first-order valence-corrected chi connectivity index (χ1v) is 2.09. The number of rotatable bonds is 0. The van der Waals surface area contributed by atoms with Crippen LogP contribution in [0.3, 0.4) is 0 Å². The summed E-state index contributed by atoms with van der Waals surface area (Å²) >= 11 is 0. The third-order valence-corrected chi connectivity index (χ3v) is 0.621. The summed E-state index contributed by atoms with van der Waals surface area (Å²) in [5, 5.41) is 2.86. The van der Waals surface area contributed by atoms with Gasteiger partial charge in [-0.15, -0.1) is 0 Å². The molecule has 0 aromatic rings. The summed E-state index contributed by atoms with van der Waals surface area (Å²) in [5.41, 5.74) is 0. The van der Waals surface area contributed by atoms with Gasteiger partial charge < -0.3 is 5.32 Å². The van der Waals surface area contributed by atoms with E-state index < -0.39 is 0 Å². The van der Waals surface area contributed by atoms with E-state index in [1.807, 2.05) is 12.3 Å². The molecule has 0 aliphatic carbocycles. The van der Waals surface area contributed by atoms with E-state index in [9.17, 15) is 0 Å². The van der Waals surface area contributed by atoms with Crippen LogP contribution < -0.4 is 5.32 Å². The summed E-state index contributed by atoms with van der Waals surface area (Å²) in [4.78, 5) is 3.82. The standard InChI is InChI=1S/C5H6N2/c1-2-6-4-5-7-3-1/h1-6H/p+1. The third kappa shape index (κ3) is 1.22. The Morgan fingerprint density at radius 3 is 3.43 bits per heavy atom. The predicted molar refractivity (Wildman–Crippen MR) is 31.0 cm³/mol. The van der Waals surface area contributed by atoms with Crippen LogP contribution in [0.2, 0.25) is 0 Å². The summed E-state index contributed by atoms with van der Waals surface area (Å²) in [7, 11) is 0. The van der Waals surface area contributed by atoms with Crippen molar-refractivity contribution in [2.24, 2.45) is 4.99 Å². The van der Waals surface area contributed by atoms with Gasteiger partial charge in [0.2, 0.25) is 0 Å². The van der Waals surface area contributed by atoms with Crippen LogP contribution in [0.25, 0.3) is 0 Å². The number of aliphatic imine (C=N–C) groups is 1. The molecule has 0 atom stereocenters. The fraction of sp³-hybridized carbons (Fsp3) is 0. The van der Waals surface area contributed by atoms with E-state index >= 15 is 0 Å². The molecule has 1 rings (SSSR count). The van der Waals surface area contributed by atoms with Gasteiger partial charge in [-0.1, -0.05) is 0 Å². The van der Waals surface area contributed by atoms with E-state index in [0.29, 0.717) is 0 Å². The Labute approximate surface area is 43.7 Å². The van der Waals surface area contributed by atoms with Crippen LogP contribution in [-0.4, -0.2) is 6.21 Å². The third-order valence-electron chi connectivity index (χ3n) is 0.621. The molecule has 0 aromatic heterocycles. The Bertz CT molecular complexity index is 112. The van der Waals surface area contributed by atoms with Gasteiger partial charge in [0.15, 0.2) is 0 Å². The summed E-state index contributed by atoms with van der Waals surface area (Å²) in [5.74, 6) is 0. The van der Waals surface area contributed by atoms with Crippen molar-refractivity contribution in [3.05, 3.63) is 24.7 Å². The minimum absolute atomic E-state index is 0. The van der Waals surface area contributed by atoms with Crippen LogP contribution in [0.5, 0.6) is 0 Å². The molecule has 36 valence electrons. The van der Waals surface area contributed by atoms with Gasteiger partial charge >= 0.3 is 1.43 Å². The van der Waals surface area contributed by atoms with Gasteiger partial charge in [0.05, 0.1) is 0 Å². The first-order chi connectivity index (χ1) is 3.50. The number of hydrogen-bond acceptors (Lipinski definition) is 2. The molecule has 1 N–H and O–H groups in total. The fourth-order valence-corrected chi connectivity index (χ4v) is 0.340. The van der Waals surface area contributed by atoms with E-state index in [0.717, 1.165) is 0 Å². The molecule has 1 aliphatic heterocycles. The van der Waals surface area contributed by atoms with Gasteiger partial charge in [-0.25, -0.2) is 0 Å². The monoisotopic (exact) mass is 95.1 g/mol. The molecule has 7 heavy (non-hydrogen) atoms. The molecule has 0 amide bonds. The molecule has 0 bridgehead atoms. The Hall–Kier alpha value is -1.05. The van der Waals surface area contributed by atoms with Gasteiger partial charge in [0.25, 0.3) is 0 Å². The van der Waals surface area contributed by atoms with E-state index in [-0.39, 0.29) is 1.43 Å². The number of nitrogens with one attached hydrogen (secondary N) is 1. The highest BCUT2D eigenvalue weighted by molar-refractivity contribution is 5.71. The summed E-state index contributed by atoms with van der Waals surface area (Å²) < 4.78 is 0. The second kappa shape index (κ2) is 2.18. The van der Waals surface area contributed by atoms with Crippen LogP contribution in [0.4, 0.5) is 0 Å². The first kappa shape index (κ1) is 4.12. The molecule has 0 saturated carbocycles. The zero-order chi connectivity index (χ0) is 4.95. The summed E-state index contributed by atoms with van der Waals surface area (Å²) in [6, 6.07) is 0. The van der Waals surface area contributed by atoms with Gasteiger partial charge in [-0.3, -0.25) is 4.99 Å². The lowest BCUT2D eigenvalue weighted by molar-refractivity contribution is 1.19. The fourth-order valence-electron chi connectivity index (χ4n) is 0.340. The van der Waals surface area contributed by atoms with Crippen molar-refractivity contribution >= 4 is 6.21 Å². The van der Waals surface area contributed by atoms with Crippen molar-refractivity contribution in [2.75, 3.05) is 0 Å². The first-order valence-electron chi connectivity index (χ1n) is 2.09. The van der Waals surface area contributed by atoms with Gasteiger partial charge in [-0.2, -0.15) is 0 Å². The quantitative estimate of drug-likeness (QED) is 0.472. The van der Waals surface area contributed by atoms with E-state index in [1.54, 1.807) is 18.6 Å². The molecule has 0 unspecified atom stereocenters. The maximum absolute atomic E-state index is 3.82. The van der Waals surface area contributed by atoms with Crippen LogP contribution in [0.15, 0.2) is 29.7 Å². The minimum Gasteiger partial charge on any atom is -0.366 e. The average Bonchev–Trinajstić information content (AvgIpc) is 1.90. The topological polar surface area (TPSA) is 24.4 Å². The average molecular weight is 95.1 g/mol. The maximum Gasteiger partial charge on any atom is 1.00 e. The molecule has 2 heteroatoms. The highest BCUT2D eigenvalue weighted by Crippen LogP contribution is 1.75. The molecule has 1 heterocycles. The van der Waals surface area contributed by atoms with E-state index in [2.05, 4.69) is 10.3 Å². The SMILES string of the molecule is C1=CNC=CN=C1.[H+]. The van der Waals surface area contributed by atoms with Gasteiger partial charge in [-0.05, 0) is 6.08 Å². The normalized spacial score (nSPS) is 16.0. The highest BCUT2D eigenvalue weighted by Gasteiger charge is 1.68. The molecule has 1 aliphatic rings. The van der Waals surface area contributed by atoms with Crippen molar-refractivity contribution in [1.82, 2.24) is 5.32 Å². The highest BCUT2D eigenvalue weighted by atomic mass is 14.8. The second-order valence-electron chi connectivity index (χ2n) is 1.14. The lowest BCUT2D eigenvalue weighted by Crippen LogP contribution is -1.87. The van der Waals surface area contributed by atoms with Crippen LogP contribution in [-0.2, 0) is 0 Å². The minimum atomic E-state index is 0. The Morgan fingerprint density at radius 2 is 2.43 bits per heavy atom. The molecule has 0 aromatic carbocycles. The number of nitrogens with zero attached hydrogens (tertiary/aromatic N) is 1. The van der Waals surface area contributed by atoms with Crippen LogP contribution in [0, 0.1) is 0 Å². The van der Waals surface area contributed by atoms with Crippen molar-refractivity contribution in [3.8, 4) is 0 Å². The summed E-state index contributed by atoms with van der Waals surface area (Å²) in [6.07, 6.45) is 8.82. The van der Waals surface area contributed by atoms with Crippen molar-refractivity contribution in [3.63, 3.8) is 0 Å². The number of allylic oxidation sites excluding steroid dienone is 1. The molecular formula is C5H7N2+. The van der Waals surface area contributed by atoms with E-state index in [1.165, 1.54) is 0 Å². The zero-order valence-corrected chi connectivity index (χ0v) is 3.83. The molecule has 0 spiro atoms. The van der Waals surface area contributed by atoms with Crippen molar-refractivity contribution in [1.29, 1.82) is 0 Å². The van der Waals surface area contributed by atoms with Crippen LogP contribution in [0.1, 0.15) is 1.43 Å². The van der Waals surface area contributed by atoms with Crippen molar-refractivity contribution < 1.29 is 1.43 Å². The second-order valence-corrected chi connectivity index (χ2v) is 1.14. The number of hydrogen-bond donors (Lipinski definition) is 1. The molecule has 2 nitrogen and oxygen atoms in total. The molecule has 0 fully saturated rings. The zero-order valence-electron chi connectivity index (χ0n) is 4.83. The van der Waals surface area contributed by atoms with Crippen molar-refractivity contribution in [2.45, 2.75) is 0 Å². The van der Waals surface area contributed by atoms with E-state index in [4.69, 9.17) is 0 Å².